The van der Waals surface area contributed by atoms with E-state index in [1.165, 1.54) is 0 Å². The number of sulfonamides is 1. The van der Waals surface area contributed by atoms with Crippen molar-refractivity contribution in [2.24, 2.45) is 0 Å². The van der Waals surface area contributed by atoms with Gasteiger partial charge in [-0.3, -0.25) is 9.48 Å². The number of hydrogen-bond donors (Lipinski definition) is 3. The molecule has 20 heavy (non-hydrogen) atoms. The molecule has 9 nitrogen and oxygen atoms in total. The van der Waals surface area contributed by atoms with Crippen LogP contribution in [0.15, 0.2) is 17.3 Å². The molecule has 1 fully saturated rings. The second-order valence-corrected chi connectivity index (χ2v) is 6.39. The highest BCUT2D eigenvalue weighted by atomic mass is 32.2. The zero-order valence-corrected chi connectivity index (χ0v) is 11.3. The molecule has 1 unspecified atom stereocenters. The molecule has 0 aromatic carbocycles. The Morgan fingerprint density at radius 3 is 2.95 bits per heavy atom. The van der Waals surface area contributed by atoms with Crippen LogP contribution >= 0.6 is 0 Å². The zero-order chi connectivity index (χ0) is 14.8. The maximum absolute atomic E-state index is 12.0. The largest absolute Gasteiger partial charge is 0.480 e. The van der Waals surface area contributed by atoms with Crippen molar-refractivity contribution in [3.8, 4) is 0 Å². The van der Waals surface area contributed by atoms with Gasteiger partial charge in [-0.05, 0) is 0 Å². The van der Waals surface area contributed by atoms with Crippen molar-refractivity contribution < 1.29 is 28.2 Å². The van der Waals surface area contributed by atoms with Crippen LogP contribution in [0.3, 0.4) is 0 Å². The number of aromatic nitrogens is 2. The lowest BCUT2D eigenvalue weighted by atomic mass is 10.1. The molecule has 0 amide bonds. The molecule has 3 N–H and O–H groups in total. The van der Waals surface area contributed by atoms with Gasteiger partial charge in [0.1, 0.15) is 17.0 Å². The number of rotatable bonds is 6. The van der Waals surface area contributed by atoms with E-state index in [9.17, 15) is 18.3 Å². The summed E-state index contributed by atoms with van der Waals surface area (Å²) in [6.07, 6.45) is 2.53. The van der Waals surface area contributed by atoms with E-state index in [1.807, 2.05) is 0 Å². The first-order valence-corrected chi connectivity index (χ1v) is 7.33. The fraction of sp³-hybridized carbons (Fsp3) is 0.600. The SMILES string of the molecule is O=C(O)Cn1cc(S(=O)(=O)NCC2(O)CCOC2)cn1. The first kappa shape index (κ1) is 14.9. The van der Waals surface area contributed by atoms with Crippen LogP contribution < -0.4 is 4.72 Å². The number of carboxylic acids is 1. The molecular weight excluding hydrogens is 290 g/mol. The van der Waals surface area contributed by atoms with E-state index in [0.717, 1.165) is 17.1 Å². The number of aliphatic carboxylic acids is 1. The van der Waals surface area contributed by atoms with Crippen molar-refractivity contribution in [1.29, 1.82) is 0 Å². The summed E-state index contributed by atoms with van der Waals surface area (Å²) in [5.74, 6) is -1.12. The van der Waals surface area contributed by atoms with Gasteiger partial charge in [0.15, 0.2) is 0 Å². The standard InChI is InChI=1S/C10H15N3O6S/c14-9(15)5-13-4-8(3-11-13)20(17,18)12-6-10(16)1-2-19-7-10/h3-4,12,16H,1-2,5-7H2,(H,14,15). The Hall–Kier alpha value is -1.49. The molecule has 1 aromatic rings. The normalized spacial score (nSPS) is 23.1. The Balaban J connectivity index is 2.02. The molecule has 1 aromatic heterocycles. The lowest BCUT2D eigenvalue weighted by Gasteiger charge is -2.20. The Morgan fingerprint density at radius 1 is 1.60 bits per heavy atom. The molecule has 1 aliphatic heterocycles. The van der Waals surface area contributed by atoms with E-state index in [1.54, 1.807) is 0 Å². The number of ether oxygens (including phenoxy) is 1. The van der Waals surface area contributed by atoms with E-state index in [-0.39, 0.29) is 18.0 Å². The molecule has 0 spiro atoms. The molecule has 1 aliphatic rings. The third-order valence-electron chi connectivity index (χ3n) is 2.89. The Bertz CT molecular complexity index is 590. The van der Waals surface area contributed by atoms with Gasteiger partial charge in [-0.25, -0.2) is 13.1 Å². The second kappa shape index (κ2) is 5.48. The highest BCUT2D eigenvalue weighted by molar-refractivity contribution is 7.89. The number of aliphatic hydroxyl groups is 1. The van der Waals surface area contributed by atoms with Crippen LogP contribution in [0.25, 0.3) is 0 Å². The molecule has 2 heterocycles. The molecule has 0 aliphatic carbocycles. The van der Waals surface area contributed by atoms with Gasteiger partial charge in [-0.15, -0.1) is 0 Å². The van der Waals surface area contributed by atoms with Gasteiger partial charge >= 0.3 is 5.97 Å². The van der Waals surface area contributed by atoms with Crippen LogP contribution in [-0.4, -0.2) is 59.7 Å². The third kappa shape index (κ3) is 3.54. The minimum Gasteiger partial charge on any atom is -0.480 e. The molecule has 1 saturated heterocycles. The van der Waals surface area contributed by atoms with Crippen LogP contribution in [0.4, 0.5) is 0 Å². The monoisotopic (exact) mass is 305 g/mol. The maximum Gasteiger partial charge on any atom is 0.325 e. The summed E-state index contributed by atoms with van der Waals surface area (Å²) in [7, 11) is -3.84. The van der Waals surface area contributed by atoms with Crippen molar-refractivity contribution in [2.45, 2.75) is 23.5 Å². The van der Waals surface area contributed by atoms with Crippen molar-refractivity contribution in [1.82, 2.24) is 14.5 Å². The fourth-order valence-electron chi connectivity index (χ4n) is 1.76. The molecule has 0 radical (unpaired) electrons. The third-order valence-corrected chi connectivity index (χ3v) is 4.25. The van der Waals surface area contributed by atoms with E-state index in [0.29, 0.717) is 13.0 Å². The zero-order valence-electron chi connectivity index (χ0n) is 10.5. The summed E-state index contributed by atoms with van der Waals surface area (Å²) in [4.78, 5) is 10.3. The van der Waals surface area contributed by atoms with Gasteiger partial charge in [-0.2, -0.15) is 5.10 Å². The Kier molecular flexibility index (Phi) is 4.09. The van der Waals surface area contributed by atoms with Crippen molar-refractivity contribution in [3.05, 3.63) is 12.4 Å². The second-order valence-electron chi connectivity index (χ2n) is 4.62. The molecule has 1 atom stereocenters. The maximum atomic E-state index is 12.0. The summed E-state index contributed by atoms with van der Waals surface area (Å²) in [6.45, 7) is -0.130. The van der Waals surface area contributed by atoms with Crippen molar-refractivity contribution in [3.63, 3.8) is 0 Å². The van der Waals surface area contributed by atoms with E-state index in [4.69, 9.17) is 9.84 Å². The average molecular weight is 305 g/mol. The average Bonchev–Trinajstić information content (AvgIpc) is 2.97. The first-order valence-electron chi connectivity index (χ1n) is 5.85. The molecule has 112 valence electrons. The highest BCUT2D eigenvalue weighted by Crippen LogP contribution is 2.18. The summed E-state index contributed by atoms with van der Waals surface area (Å²) < 4.78 is 32.2. The minimum atomic E-state index is -3.84. The van der Waals surface area contributed by atoms with Gasteiger partial charge in [0.25, 0.3) is 0 Å². The minimum absolute atomic E-state index is 0.0772. The quantitative estimate of drug-likeness (QED) is 0.576. The summed E-state index contributed by atoms with van der Waals surface area (Å²) in [5.41, 5.74) is -1.20. The van der Waals surface area contributed by atoms with Gasteiger partial charge < -0.3 is 14.9 Å². The predicted octanol–water partition coefficient (Wildman–Crippen LogP) is -1.60. The summed E-state index contributed by atoms with van der Waals surface area (Å²) in [5, 5.41) is 22.2. The predicted molar refractivity (Wildman–Crippen MR) is 65.4 cm³/mol. The smallest absolute Gasteiger partial charge is 0.325 e. The van der Waals surface area contributed by atoms with E-state index in [2.05, 4.69) is 9.82 Å². The van der Waals surface area contributed by atoms with Gasteiger partial charge in [0.2, 0.25) is 10.0 Å². The first-order chi connectivity index (χ1) is 9.31. The van der Waals surface area contributed by atoms with Gasteiger partial charge in [-0.1, -0.05) is 0 Å². The summed E-state index contributed by atoms with van der Waals surface area (Å²) >= 11 is 0. The van der Waals surface area contributed by atoms with E-state index < -0.39 is 28.1 Å². The Morgan fingerprint density at radius 2 is 2.35 bits per heavy atom. The lowest BCUT2D eigenvalue weighted by Crippen LogP contribution is -2.43. The van der Waals surface area contributed by atoms with Crippen LogP contribution in [0.5, 0.6) is 0 Å². The van der Waals surface area contributed by atoms with Crippen LogP contribution in [0, 0.1) is 0 Å². The van der Waals surface area contributed by atoms with Gasteiger partial charge in [0.05, 0.1) is 12.8 Å². The number of nitrogens with one attached hydrogen (secondary N) is 1. The molecule has 2 rings (SSSR count). The van der Waals surface area contributed by atoms with Crippen LogP contribution in [0.2, 0.25) is 0 Å². The highest BCUT2D eigenvalue weighted by Gasteiger charge is 2.33. The van der Waals surface area contributed by atoms with Crippen molar-refractivity contribution in [2.75, 3.05) is 19.8 Å². The lowest BCUT2D eigenvalue weighted by molar-refractivity contribution is -0.137. The van der Waals surface area contributed by atoms with Gasteiger partial charge in [0, 0.05) is 25.8 Å². The topological polar surface area (TPSA) is 131 Å². The van der Waals surface area contributed by atoms with Crippen LogP contribution in [0.1, 0.15) is 6.42 Å². The molecule has 0 saturated carbocycles. The molecule has 10 heteroatoms. The number of carboxylic acid groups (broad SMARTS) is 1. The van der Waals surface area contributed by atoms with Crippen molar-refractivity contribution >= 4 is 16.0 Å². The fourth-order valence-corrected chi connectivity index (χ4v) is 2.83. The van der Waals surface area contributed by atoms with E-state index >= 15 is 0 Å². The molecular formula is C10H15N3O6S. The number of nitrogens with zero attached hydrogens (tertiary/aromatic N) is 2. The van der Waals surface area contributed by atoms with Crippen LogP contribution in [-0.2, 0) is 26.1 Å². The number of carbonyl (C=O) groups is 1. The Labute approximate surface area is 115 Å². The summed E-state index contributed by atoms with van der Waals surface area (Å²) in [6, 6.07) is 0. The number of hydrogen-bond acceptors (Lipinski definition) is 6. The molecule has 0 bridgehead atoms.